The smallest absolute Gasteiger partial charge is 0.312 e. The fraction of sp³-hybridized carbons (Fsp3) is 0.391. The van der Waals surface area contributed by atoms with Crippen LogP contribution in [0.5, 0.6) is 0 Å². The Morgan fingerprint density at radius 1 is 1.04 bits per heavy atom. The summed E-state index contributed by atoms with van der Waals surface area (Å²) in [6, 6.07) is 17.2. The molecule has 5 nitrogen and oxygen atoms in total. The zero-order valence-corrected chi connectivity index (χ0v) is 16.6. The van der Waals surface area contributed by atoms with E-state index in [0.29, 0.717) is 18.5 Å². The molecule has 5 heteroatoms. The lowest BCUT2D eigenvalue weighted by atomic mass is 10.0. The van der Waals surface area contributed by atoms with Crippen molar-refractivity contribution < 1.29 is 9.59 Å². The summed E-state index contributed by atoms with van der Waals surface area (Å²) in [5.41, 5.74) is 8.65. The summed E-state index contributed by atoms with van der Waals surface area (Å²) in [4.78, 5) is 26.5. The molecular weight excluding hydrogens is 350 g/mol. The average Bonchev–Trinajstić information content (AvgIpc) is 3.51. The van der Waals surface area contributed by atoms with Crippen LogP contribution in [0.2, 0.25) is 0 Å². The third kappa shape index (κ3) is 5.35. The van der Waals surface area contributed by atoms with Gasteiger partial charge in [0.05, 0.1) is 12.5 Å². The van der Waals surface area contributed by atoms with Gasteiger partial charge in [0.25, 0.3) is 0 Å². The molecule has 0 aliphatic heterocycles. The Labute approximate surface area is 166 Å². The molecule has 1 saturated carbocycles. The normalized spacial score (nSPS) is 14.5. The van der Waals surface area contributed by atoms with Crippen LogP contribution in [-0.2, 0) is 11.3 Å². The second-order valence-corrected chi connectivity index (χ2v) is 7.83. The van der Waals surface area contributed by atoms with E-state index in [0.717, 1.165) is 24.0 Å². The average molecular weight is 380 g/mol. The minimum atomic E-state index is -0.621. The molecule has 1 atom stereocenters. The summed E-state index contributed by atoms with van der Waals surface area (Å²) in [6.07, 6.45) is 2.28. The molecule has 28 heavy (non-hydrogen) atoms. The molecule has 2 aromatic carbocycles. The molecule has 3 amide bonds. The zero-order chi connectivity index (χ0) is 20.1. The maximum atomic E-state index is 13.1. The molecule has 0 radical (unpaired) electrons. The number of rotatable bonds is 8. The van der Waals surface area contributed by atoms with Crippen molar-refractivity contribution in [3.63, 3.8) is 0 Å². The minimum Gasteiger partial charge on any atom is -0.352 e. The van der Waals surface area contributed by atoms with Gasteiger partial charge in [0.15, 0.2) is 0 Å². The molecule has 0 unspecified atom stereocenters. The van der Waals surface area contributed by atoms with Gasteiger partial charge >= 0.3 is 6.03 Å². The summed E-state index contributed by atoms with van der Waals surface area (Å²) < 4.78 is 0. The molecule has 1 aliphatic carbocycles. The highest BCUT2D eigenvalue weighted by atomic mass is 16.2. The molecule has 3 N–H and O–H groups in total. The number of carbonyl (C=O) groups excluding carboxylic acids is 2. The first-order valence-electron chi connectivity index (χ1n) is 9.93. The Hall–Kier alpha value is -2.82. The van der Waals surface area contributed by atoms with Crippen LogP contribution in [0.25, 0.3) is 0 Å². The van der Waals surface area contributed by atoms with Crippen molar-refractivity contribution in [2.75, 3.05) is 0 Å². The molecular formula is C23H29N3O2. The molecule has 1 fully saturated rings. The van der Waals surface area contributed by atoms with Crippen molar-refractivity contribution >= 4 is 11.9 Å². The van der Waals surface area contributed by atoms with Crippen LogP contribution in [0.1, 0.15) is 61.8 Å². The van der Waals surface area contributed by atoms with Crippen LogP contribution in [0.4, 0.5) is 4.79 Å². The van der Waals surface area contributed by atoms with Gasteiger partial charge in [0.1, 0.15) is 0 Å². The quantitative estimate of drug-likeness (QED) is 0.724. The predicted octanol–water partition coefficient (Wildman–Crippen LogP) is 4.10. The van der Waals surface area contributed by atoms with Crippen molar-refractivity contribution in [1.82, 2.24) is 10.2 Å². The van der Waals surface area contributed by atoms with Gasteiger partial charge in [-0.3, -0.25) is 4.79 Å². The van der Waals surface area contributed by atoms with Crippen molar-refractivity contribution in [3.8, 4) is 0 Å². The highest BCUT2D eigenvalue weighted by Gasteiger charge is 2.33. The third-order valence-corrected chi connectivity index (χ3v) is 5.20. The standard InChI is InChI=1S/C23H29N3O2/c1-16(2)18-10-8-17(9-11-18)15-26(20-12-13-20)22(27)14-21(25-23(24)28)19-6-4-3-5-7-19/h3-11,16,20-21H,12-15H2,1-2H3,(H3,24,25,28)/t21-/m1/s1. The Morgan fingerprint density at radius 2 is 1.68 bits per heavy atom. The Balaban J connectivity index is 1.72. The number of nitrogens with one attached hydrogen (secondary N) is 1. The number of primary amides is 1. The number of nitrogens with two attached hydrogens (primary N) is 1. The number of benzene rings is 2. The summed E-state index contributed by atoms with van der Waals surface area (Å²) in [5, 5.41) is 2.72. The van der Waals surface area contributed by atoms with Gasteiger partial charge in [-0.15, -0.1) is 0 Å². The molecule has 0 aromatic heterocycles. The van der Waals surface area contributed by atoms with Gasteiger partial charge in [-0.2, -0.15) is 0 Å². The fourth-order valence-corrected chi connectivity index (χ4v) is 3.41. The molecule has 0 spiro atoms. The van der Waals surface area contributed by atoms with Gasteiger partial charge in [0.2, 0.25) is 5.91 Å². The Bertz CT molecular complexity index is 798. The van der Waals surface area contributed by atoms with Crippen molar-refractivity contribution in [3.05, 3.63) is 71.3 Å². The number of nitrogens with zero attached hydrogens (tertiary/aromatic N) is 1. The van der Waals surface area contributed by atoms with Crippen LogP contribution in [-0.4, -0.2) is 22.9 Å². The van der Waals surface area contributed by atoms with Crippen LogP contribution < -0.4 is 11.1 Å². The lowest BCUT2D eigenvalue weighted by molar-refractivity contribution is -0.133. The third-order valence-electron chi connectivity index (χ3n) is 5.20. The number of hydrogen-bond donors (Lipinski definition) is 2. The highest BCUT2D eigenvalue weighted by molar-refractivity contribution is 5.79. The first-order chi connectivity index (χ1) is 13.4. The van der Waals surface area contributed by atoms with E-state index in [4.69, 9.17) is 5.73 Å². The lowest BCUT2D eigenvalue weighted by Gasteiger charge is -2.26. The largest absolute Gasteiger partial charge is 0.352 e. The van der Waals surface area contributed by atoms with E-state index < -0.39 is 12.1 Å². The zero-order valence-electron chi connectivity index (χ0n) is 16.6. The van der Waals surface area contributed by atoms with Crippen molar-refractivity contribution in [1.29, 1.82) is 0 Å². The summed E-state index contributed by atoms with van der Waals surface area (Å²) >= 11 is 0. The van der Waals surface area contributed by atoms with Crippen LogP contribution in [0, 0.1) is 0 Å². The topological polar surface area (TPSA) is 75.4 Å². The molecule has 2 aromatic rings. The maximum absolute atomic E-state index is 13.1. The molecule has 148 valence electrons. The number of hydrogen-bond acceptors (Lipinski definition) is 2. The Morgan fingerprint density at radius 3 is 2.21 bits per heavy atom. The van der Waals surface area contributed by atoms with E-state index in [-0.39, 0.29) is 12.3 Å². The highest BCUT2D eigenvalue weighted by Crippen LogP contribution is 2.30. The van der Waals surface area contributed by atoms with Crippen LogP contribution >= 0.6 is 0 Å². The van der Waals surface area contributed by atoms with Gasteiger partial charge in [-0.25, -0.2) is 4.79 Å². The monoisotopic (exact) mass is 379 g/mol. The second-order valence-electron chi connectivity index (χ2n) is 7.83. The van der Waals surface area contributed by atoms with Crippen molar-refractivity contribution in [2.45, 2.75) is 57.7 Å². The molecule has 3 rings (SSSR count). The molecule has 0 saturated heterocycles. The van der Waals surface area contributed by atoms with Gasteiger partial charge in [-0.05, 0) is 35.4 Å². The predicted molar refractivity (Wildman–Crippen MR) is 111 cm³/mol. The molecule has 0 bridgehead atoms. The van der Waals surface area contributed by atoms with Crippen LogP contribution in [0.15, 0.2) is 54.6 Å². The maximum Gasteiger partial charge on any atom is 0.312 e. The van der Waals surface area contributed by atoms with Crippen LogP contribution in [0.3, 0.4) is 0 Å². The summed E-state index contributed by atoms with van der Waals surface area (Å²) in [5.74, 6) is 0.528. The fourth-order valence-electron chi connectivity index (χ4n) is 3.41. The van der Waals surface area contributed by atoms with E-state index in [2.05, 4.69) is 43.4 Å². The first-order valence-corrected chi connectivity index (χ1v) is 9.93. The number of urea groups is 1. The van der Waals surface area contributed by atoms with E-state index in [1.165, 1.54) is 5.56 Å². The summed E-state index contributed by atoms with van der Waals surface area (Å²) in [7, 11) is 0. The first kappa shape index (κ1) is 19.9. The van der Waals surface area contributed by atoms with E-state index in [1.54, 1.807) is 0 Å². The van der Waals surface area contributed by atoms with Gasteiger partial charge in [0, 0.05) is 12.6 Å². The SMILES string of the molecule is CC(C)c1ccc(CN(C(=O)C[C@@H](NC(N)=O)c2ccccc2)C2CC2)cc1. The minimum absolute atomic E-state index is 0.0399. The molecule has 0 heterocycles. The summed E-state index contributed by atoms with van der Waals surface area (Å²) in [6.45, 7) is 4.94. The van der Waals surface area contributed by atoms with E-state index in [9.17, 15) is 9.59 Å². The Kier molecular flexibility index (Phi) is 6.34. The van der Waals surface area contributed by atoms with Gasteiger partial charge in [-0.1, -0.05) is 68.4 Å². The van der Waals surface area contributed by atoms with Crippen molar-refractivity contribution in [2.24, 2.45) is 5.73 Å². The number of carbonyl (C=O) groups is 2. The lowest BCUT2D eigenvalue weighted by Crippen LogP contribution is -2.39. The van der Waals surface area contributed by atoms with E-state index >= 15 is 0 Å². The van der Waals surface area contributed by atoms with E-state index in [1.807, 2.05) is 35.2 Å². The number of amides is 3. The molecule has 1 aliphatic rings. The second kappa shape index (κ2) is 8.91. The van der Waals surface area contributed by atoms with Gasteiger partial charge < -0.3 is 16.0 Å².